The lowest BCUT2D eigenvalue weighted by Gasteiger charge is -2.42. The fourth-order valence-electron chi connectivity index (χ4n) is 4.74. The summed E-state index contributed by atoms with van der Waals surface area (Å²) in [5.41, 5.74) is -1.44. The maximum absolute atomic E-state index is 12.2. The van der Waals surface area contributed by atoms with E-state index in [1.165, 1.54) is 20.1 Å². The van der Waals surface area contributed by atoms with E-state index >= 15 is 0 Å². The molecule has 0 bridgehead atoms. The van der Waals surface area contributed by atoms with E-state index in [0.717, 1.165) is 0 Å². The van der Waals surface area contributed by atoms with Gasteiger partial charge in [-0.1, -0.05) is 6.07 Å². The molecule has 4 rings (SSSR count). The summed E-state index contributed by atoms with van der Waals surface area (Å²) in [7, 11) is 1.41. The highest BCUT2D eigenvalue weighted by Gasteiger charge is 2.53. The second kappa shape index (κ2) is 10.9. The monoisotopic (exact) mass is 540 g/mol. The number of aryl methyl sites for hydroxylation is 1. The lowest BCUT2D eigenvalue weighted by molar-refractivity contribution is -0.318. The summed E-state index contributed by atoms with van der Waals surface area (Å²) >= 11 is 0. The Kier molecular flexibility index (Phi) is 8.14. The number of methoxy groups -OCH3 is 1. The van der Waals surface area contributed by atoms with Gasteiger partial charge in [-0.15, -0.1) is 0 Å². The molecule has 0 aliphatic carbocycles. The number of hydrogen-bond donors (Lipinski definition) is 7. The van der Waals surface area contributed by atoms with Gasteiger partial charge in [0.15, 0.2) is 18.2 Å². The van der Waals surface area contributed by atoms with Crippen molar-refractivity contribution < 1.29 is 64.2 Å². The summed E-state index contributed by atoms with van der Waals surface area (Å²) in [6, 6.07) is 4.67. The number of aliphatic hydroxyl groups is 6. The molecule has 13 nitrogen and oxygen atoms in total. The van der Waals surface area contributed by atoms with Crippen LogP contribution >= 0.6 is 0 Å². The zero-order valence-electron chi connectivity index (χ0n) is 21.0. The minimum Gasteiger partial charge on any atom is -0.506 e. The molecule has 7 N–H and O–H groups in total. The Morgan fingerprint density at radius 2 is 1.84 bits per heavy atom. The molecule has 2 saturated heterocycles. The molecule has 38 heavy (non-hydrogen) atoms. The van der Waals surface area contributed by atoms with Gasteiger partial charge in [-0.05, 0) is 30.9 Å². The first-order valence-corrected chi connectivity index (χ1v) is 11.9. The second-order valence-corrected chi connectivity index (χ2v) is 9.51. The van der Waals surface area contributed by atoms with E-state index in [1.807, 2.05) is 0 Å². The van der Waals surface area contributed by atoms with Crippen LogP contribution in [-0.2, 0) is 14.2 Å². The summed E-state index contributed by atoms with van der Waals surface area (Å²) in [5.74, 6) is -0.475. The third-order valence-corrected chi connectivity index (χ3v) is 6.87. The van der Waals surface area contributed by atoms with Gasteiger partial charge in [-0.3, -0.25) is 4.79 Å². The van der Waals surface area contributed by atoms with Crippen molar-refractivity contribution in [1.29, 1.82) is 0 Å². The molecule has 2 aromatic carbocycles. The average molecular weight is 541 g/mol. The summed E-state index contributed by atoms with van der Waals surface area (Å²) in [6.07, 6.45) is -11.1. The number of ketones is 1. The van der Waals surface area contributed by atoms with Gasteiger partial charge in [0.05, 0.1) is 37.9 Å². The Labute approximate surface area is 217 Å². The molecular formula is C25H32O13. The summed E-state index contributed by atoms with van der Waals surface area (Å²) < 4.78 is 28.0. The lowest BCUT2D eigenvalue weighted by atomic mass is 9.96. The van der Waals surface area contributed by atoms with Crippen molar-refractivity contribution in [2.24, 2.45) is 0 Å². The Bertz CT molecular complexity index is 1190. The molecule has 0 aromatic heterocycles. The van der Waals surface area contributed by atoms with Gasteiger partial charge in [-0.2, -0.15) is 0 Å². The van der Waals surface area contributed by atoms with Crippen LogP contribution in [0.1, 0.15) is 22.8 Å². The van der Waals surface area contributed by atoms with Crippen LogP contribution in [0.5, 0.6) is 17.2 Å². The third-order valence-electron chi connectivity index (χ3n) is 6.87. The van der Waals surface area contributed by atoms with Crippen LogP contribution in [0.25, 0.3) is 10.8 Å². The zero-order chi connectivity index (χ0) is 27.9. The number of carbonyl (C=O) groups is 1. The van der Waals surface area contributed by atoms with Crippen LogP contribution < -0.4 is 9.47 Å². The van der Waals surface area contributed by atoms with E-state index in [0.29, 0.717) is 16.7 Å². The number of ether oxygens (including phenoxy) is 5. The van der Waals surface area contributed by atoms with Gasteiger partial charge >= 0.3 is 0 Å². The zero-order valence-corrected chi connectivity index (χ0v) is 21.0. The Morgan fingerprint density at radius 3 is 2.42 bits per heavy atom. The molecule has 0 amide bonds. The van der Waals surface area contributed by atoms with E-state index in [4.69, 9.17) is 23.7 Å². The predicted octanol–water partition coefficient (Wildman–Crippen LogP) is -1.29. The molecule has 0 saturated carbocycles. The third kappa shape index (κ3) is 4.93. The highest BCUT2D eigenvalue weighted by atomic mass is 16.8. The van der Waals surface area contributed by atoms with Gasteiger partial charge in [0.2, 0.25) is 6.29 Å². The van der Waals surface area contributed by atoms with Crippen molar-refractivity contribution in [3.8, 4) is 17.2 Å². The first kappa shape index (κ1) is 28.4. The van der Waals surface area contributed by atoms with Crippen molar-refractivity contribution in [2.45, 2.75) is 62.5 Å². The van der Waals surface area contributed by atoms with Crippen molar-refractivity contribution >= 4 is 16.6 Å². The first-order valence-electron chi connectivity index (χ1n) is 11.9. The van der Waals surface area contributed by atoms with Gasteiger partial charge < -0.3 is 59.4 Å². The number of fused-ring (bicyclic) bond motifs is 1. The smallest absolute Gasteiger partial charge is 0.229 e. The maximum Gasteiger partial charge on any atom is 0.229 e. The molecule has 2 aromatic rings. The normalized spacial score (nSPS) is 33.4. The van der Waals surface area contributed by atoms with Crippen LogP contribution in [0, 0.1) is 6.92 Å². The van der Waals surface area contributed by atoms with Crippen LogP contribution in [0.15, 0.2) is 18.2 Å². The maximum atomic E-state index is 12.2. The molecule has 2 fully saturated rings. The minimum atomic E-state index is -2.02. The quantitative estimate of drug-likeness (QED) is 0.195. The number of carbonyl (C=O) groups excluding carboxylic acids is 1. The molecule has 2 heterocycles. The molecule has 210 valence electrons. The standard InChI is InChI=1S/C25H32O13/c1-10-4-12-5-13(34-3)6-14(17(12)19(30)16(10)11(2)28)36-23-21(20(31)18(29)15(7-26)37-23)38-24-22(32)25(33,8-27)9-35-24/h4-6,15,18,20-24,26-27,29-33H,7-9H2,1-3H3. The molecule has 13 heteroatoms. The fraction of sp³-hybridized carbons (Fsp3) is 0.560. The number of benzene rings is 2. The van der Waals surface area contributed by atoms with Crippen molar-refractivity contribution in [1.82, 2.24) is 0 Å². The Hall–Kier alpha value is -2.59. The summed E-state index contributed by atoms with van der Waals surface area (Å²) in [5, 5.41) is 72.7. The van der Waals surface area contributed by atoms with Crippen LogP contribution in [0.3, 0.4) is 0 Å². The molecule has 8 atom stereocenters. The van der Waals surface area contributed by atoms with E-state index < -0.39 is 68.5 Å². The Morgan fingerprint density at radius 1 is 1.13 bits per heavy atom. The second-order valence-electron chi connectivity index (χ2n) is 9.51. The highest BCUT2D eigenvalue weighted by Crippen LogP contribution is 2.42. The highest BCUT2D eigenvalue weighted by molar-refractivity contribution is 6.07. The summed E-state index contributed by atoms with van der Waals surface area (Å²) in [4.78, 5) is 12.2. The molecule has 2 aliphatic rings. The molecule has 0 radical (unpaired) electrons. The van der Waals surface area contributed by atoms with Crippen molar-refractivity contribution in [3.05, 3.63) is 29.3 Å². The van der Waals surface area contributed by atoms with E-state index in [-0.39, 0.29) is 28.2 Å². The van der Waals surface area contributed by atoms with Gasteiger partial charge in [0.25, 0.3) is 0 Å². The predicted molar refractivity (Wildman–Crippen MR) is 128 cm³/mol. The summed E-state index contributed by atoms with van der Waals surface area (Å²) in [6.45, 7) is 0.952. The number of hydrogen-bond acceptors (Lipinski definition) is 13. The number of aliphatic hydroxyl groups excluding tert-OH is 5. The van der Waals surface area contributed by atoms with Crippen LogP contribution in [0.4, 0.5) is 0 Å². The van der Waals surface area contributed by atoms with Crippen molar-refractivity contribution in [3.63, 3.8) is 0 Å². The molecule has 8 unspecified atom stereocenters. The number of Topliss-reactive ketones (excluding diaryl/α,β-unsaturated/α-hetero) is 1. The molecule has 0 spiro atoms. The SMILES string of the molecule is COc1cc(OC2OC(CO)C(O)C(O)C2OC2OCC(O)(CO)C2O)c2c(O)c(C(C)=O)c(C)cc2c1. The van der Waals surface area contributed by atoms with Crippen molar-refractivity contribution in [2.75, 3.05) is 26.9 Å². The average Bonchev–Trinajstić information content (AvgIpc) is 3.16. The van der Waals surface area contributed by atoms with Gasteiger partial charge in [0.1, 0.15) is 47.3 Å². The van der Waals surface area contributed by atoms with E-state index in [1.54, 1.807) is 19.1 Å². The molecular weight excluding hydrogens is 508 g/mol. The lowest BCUT2D eigenvalue weighted by Crippen LogP contribution is -2.62. The van der Waals surface area contributed by atoms with E-state index in [9.17, 15) is 40.5 Å². The van der Waals surface area contributed by atoms with Gasteiger partial charge in [-0.25, -0.2) is 0 Å². The van der Waals surface area contributed by atoms with Crippen LogP contribution in [-0.4, -0.2) is 117 Å². The number of aromatic hydroxyl groups is 1. The topological polar surface area (TPSA) is 205 Å². The van der Waals surface area contributed by atoms with Gasteiger partial charge in [0, 0.05) is 6.07 Å². The number of phenols is 1. The van der Waals surface area contributed by atoms with E-state index in [2.05, 4.69) is 0 Å². The number of phenolic OH excluding ortho intramolecular Hbond substituents is 1. The molecule has 2 aliphatic heterocycles. The minimum absolute atomic E-state index is 0.0435. The largest absolute Gasteiger partial charge is 0.506 e. The Balaban J connectivity index is 1.76. The first-order chi connectivity index (χ1) is 17.9. The fourth-order valence-corrected chi connectivity index (χ4v) is 4.74. The number of rotatable bonds is 8. The van der Waals surface area contributed by atoms with Crippen LogP contribution in [0.2, 0.25) is 0 Å².